The molecule has 0 bridgehead atoms. The van der Waals surface area contributed by atoms with Gasteiger partial charge in [-0.3, -0.25) is 4.79 Å². The minimum Gasteiger partial charge on any atom is -0.352 e. The fraction of sp³-hybridized carbons (Fsp3) is 0.727. The number of hydrogen-bond donors (Lipinski definition) is 2. The third-order valence-corrected chi connectivity index (χ3v) is 3.21. The summed E-state index contributed by atoms with van der Waals surface area (Å²) >= 11 is 1.33. The van der Waals surface area contributed by atoms with Gasteiger partial charge in [0.1, 0.15) is 11.9 Å². The number of hydrogen-bond acceptors (Lipinski definition) is 5. The first kappa shape index (κ1) is 12.3. The Morgan fingerprint density at radius 2 is 2.12 bits per heavy atom. The molecule has 1 fully saturated rings. The van der Waals surface area contributed by atoms with Gasteiger partial charge in [0.25, 0.3) is 0 Å². The molecule has 1 aliphatic rings. The van der Waals surface area contributed by atoms with E-state index < -0.39 is 0 Å². The zero-order chi connectivity index (χ0) is 12.4. The largest absolute Gasteiger partial charge is 0.352 e. The number of aromatic nitrogens is 2. The number of rotatable bonds is 5. The van der Waals surface area contributed by atoms with Gasteiger partial charge in [-0.15, -0.1) is 0 Å². The van der Waals surface area contributed by atoms with Gasteiger partial charge in [0.2, 0.25) is 11.0 Å². The minimum atomic E-state index is -0.280. The lowest BCUT2D eigenvalue weighted by molar-refractivity contribution is -0.122. The molecular formula is C11H18N4OS. The van der Waals surface area contributed by atoms with Crippen LogP contribution in [0.1, 0.15) is 45.4 Å². The zero-order valence-electron chi connectivity index (χ0n) is 10.4. The molecule has 0 saturated heterocycles. The number of anilines is 1. The second-order valence-corrected chi connectivity index (χ2v) is 5.51. The van der Waals surface area contributed by atoms with Crippen molar-refractivity contribution in [2.24, 2.45) is 0 Å². The van der Waals surface area contributed by atoms with Crippen LogP contribution in [0.2, 0.25) is 0 Å². The van der Waals surface area contributed by atoms with Crippen molar-refractivity contribution in [1.29, 1.82) is 0 Å². The maximum atomic E-state index is 11.7. The molecule has 1 unspecified atom stereocenters. The molecule has 1 aliphatic carbocycles. The molecule has 0 spiro atoms. The van der Waals surface area contributed by atoms with Crippen molar-refractivity contribution < 1.29 is 4.79 Å². The van der Waals surface area contributed by atoms with Crippen LogP contribution in [0.4, 0.5) is 5.13 Å². The molecule has 2 N–H and O–H groups in total. The molecule has 1 saturated carbocycles. The highest BCUT2D eigenvalue weighted by molar-refractivity contribution is 7.09. The molecular weight excluding hydrogens is 236 g/mol. The lowest BCUT2D eigenvalue weighted by atomic mass is 10.3. The van der Waals surface area contributed by atoms with Crippen LogP contribution in [0.15, 0.2) is 0 Å². The van der Waals surface area contributed by atoms with Gasteiger partial charge in [-0.25, -0.2) is 4.98 Å². The molecule has 5 nitrogen and oxygen atoms in total. The van der Waals surface area contributed by atoms with E-state index >= 15 is 0 Å². The average molecular weight is 254 g/mol. The molecule has 2 rings (SSSR count). The van der Waals surface area contributed by atoms with Crippen LogP contribution in [0.25, 0.3) is 0 Å². The number of nitrogens with zero attached hydrogens (tertiary/aromatic N) is 2. The van der Waals surface area contributed by atoms with E-state index in [0.717, 1.165) is 11.0 Å². The molecule has 0 aliphatic heterocycles. The Labute approximate surface area is 105 Å². The summed E-state index contributed by atoms with van der Waals surface area (Å²) < 4.78 is 4.29. The number of carbonyl (C=O) groups is 1. The van der Waals surface area contributed by atoms with Gasteiger partial charge in [-0.2, -0.15) is 4.37 Å². The first-order valence-electron chi connectivity index (χ1n) is 5.96. The summed E-state index contributed by atoms with van der Waals surface area (Å²) in [7, 11) is 0. The van der Waals surface area contributed by atoms with Gasteiger partial charge in [0, 0.05) is 23.5 Å². The van der Waals surface area contributed by atoms with Crippen molar-refractivity contribution in [2.45, 2.75) is 51.6 Å². The third-order valence-electron chi connectivity index (χ3n) is 2.55. The first-order chi connectivity index (χ1) is 8.06. The summed E-state index contributed by atoms with van der Waals surface area (Å²) in [6.07, 6.45) is 2.39. The highest BCUT2D eigenvalue weighted by Gasteiger charge is 2.28. The standard InChI is InChI=1S/C11H18N4OS/c1-6(2)12-10(16)7(3)13-11-14-9(15-17-11)8-4-5-8/h6-8H,4-5H2,1-3H3,(H,12,16)(H,13,14,15). The van der Waals surface area contributed by atoms with Gasteiger partial charge >= 0.3 is 0 Å². The van der Waals surface area contributed by atoms with Crippen molar-refractivity contribution in [1.82, 2.24) is 14.7 Å². The summed E-state index contributed by atoms with van der Waals surface area (Å²) in [6.45, 7) is 5.72. The van der Waals surface area contributed by atoms with E-state index in [4.69, 9.17) is 0 Å². The van der Waals surface area contributed by atoms with Gasteiger partial charge in [-0.05, 0) is 33.6 Å². The molecule has 94 valence electrons. The molecule has 6 heteroatoms. The summed E-state index contributed by atoms with van der Waals surface area (Å²) in [5.74, 6) is 1.47. The van der Waals surface area contributed by atoms with Gasteiger partial charge in [-0.1, -0.05) is 0 Å². The Bertz CT molecular complexity index is 400. The average Bonchev–Trinajstić information content (AvgIpc) is 2.99. The molecule has 0 radical (unpaired) electrons. The fourth-order valence-corrected chi connectivity index (χ4v) is 2.19. The summed E-state index contributed by atoms with van der Waals surface area (Å²) in [5, 5.41) is 6.68. The summed E-state index contributed by atoms with van der Waals surface area (Å²) in [4.78, 5) is 16.1. The highest BCUT2D eigenvalue weighted by atomic mass is 32.1. The highest BCUT2D eigenvalue weighted by Crippen LogP contribution is 2.39. The van der Waals surface area contributed by atoms with Gasteiger partial charge in [0.15, 0.2) is 0 Å². The van der Waals surface area contributed by atoms with Crippen molar-refractivity contribution in [3.8, 4) is 0 Å². The summed E-state index contributed by atoms with van der Waals surface area (Å²) in [6, 6.07) is -0.124. The zero-order valence-corrected chi connectivity index (χ0v) is 11.2. The molecule has 17 heavy (non-hydrogen) atoms. The second-order valence-electron chi connectivity index (χ2n) is 4.76. The van der Waals surface area contributed by atoms with Gasteiger partial charge < -0.3 is 10.6 Å². The molecule has 0 aromatic carbocycles. The Kier molecular flexibility index (Phi) is 3.61. The maximum absolute atomic E-state index is 11.7. The Hall–Kier alpha value is -1.17. The predicted octanol–water partition coefficient (Wildman–Crippen LogP) is 1.74. The molecule has 1 aromatic rings. The van der Waals surface area contributed by atoms with Crippen LogP contribution in [-0.4, -0.2) is 27.3 Å². The number of carbonyl (C=O) groups excluding carboxylic acids is 1. The minimum absolute atomic E-state index is 0.0110. The maximum Gasteiger partial charge on any atom is 0.242 e. The molecule has 1 amide bonds. The van der Waals surface area contributed by atoms with E-state index in [1.54, 1.807) is 0 Å². The SMILES string of the molecule is CC(C)NC(=O)C(C)Nc1nc(C2CC2)ns1. The van der Waals surface area contributed by atoms with Crippen LogP contribution in [0.3, 0.4) is 0 Å². The summed E-state index contributed by atoms with van der Waals surface area (Å²) in [5.41, 5.74) is 0. The van der Waals surface area contributed by atoms with E-state index in [0.29, 0.717) is 5.92 Å². The molecule has 1 atom stereocenters. The van der Waals surface area contributed by atoms with Gasteiger partial charge in [0.05, 0.1) is 0 Å². The Morgan fingerprint density at radius 1 is 1.41 bits per heavy atom. The quantitative estimate of drug-likeness (QED) is 0.840. The van der Waals surface area contributed by atoms with E-state index in [1.807, 2.05) is 20.8 Å². The second kappa shape index (κ2) is 5.00. The lowest BCUT2D eigenvalue weighted by Crippen LogP contribution is -2.40. The van der Waals surface area contributed by atoms with E-state index in [2.05, 4.69) is 20.0 Å². The predicted molar refractivity (Wildman–Crippen MR) is 68.2 cm³/mol. The van der Waals surface area contributed by atoms with Crippen LogP contribution < -0.4 is 10.6 Å². The molecule has 1 heterocycles. The topological polar surface area (TPSA) is 66.9 Å². The Morgan fingerprint density at radius 3 is 2.71 bits per heavy atom. The van der Waals surface area contributed by atoms with Crippen molar-refractivity contribution in [3.05, 3.63) is 5.82 Å². The molecule has 1 aromatic heterocycles. The fourth-order valence-electron chi connectivity index (χ4n) is 1.46. The van der Waals surface area contributed by atoms with Crippen molar-refractivity contribution in [2.75, 3.05) is 5.32 Å². The normalized spacial score (nSPS) is 16.9. The van der Waals surface area contributed by atoms with E-state index in [-0.39, 0.29) is 18.0 Å². The number of nitrogens with one attached hydrogen (secondary N) is 2. The third kappa shape index (κ3) is 3.39. The van der Waals surface area contributed by atoms with E-state index in [1.165, 1.54) is 24.4 Å². The Balaban J connectivity index is 1.88. The first-order valence-corrected chi connectivity index (χ1v) is 6.74. The lowest BCUT2D eigenvalue weighted by Gasteiger charge is -2.14. The van der Waals surface area contributed by atoms with Crippen molar-refractivity contribution in [3.63, 3.8) is 0 Å². The van der Waals surface area contributed by atoms with Crippen LogP contribution >= 0.6 is 11.5 Å². The smallest absolute Gasteiger partial charge is 0.242 e. The van der Waals surface area contributed by atoms with Crippen LogP contribution in [0, 0.1) is 0 Å². The van der Waals surface area contributed by atoms with Crippen molar-refractivity contribution >= 4 is 22.6 Å². The monoisotopic (exact) mass is 254 g/mol. The van der Waals surface area contributed by atoms with Crippen LogP contribution in [-0.2, 0) is 4.79 Å². The van der Waals surface area contributed by atoms with E-state index in [9.17, 15) is 4.79 Å². The number of amides is 1. The van der Waals surface area contributed by atoms with Crippen LogP contribution in [0.5, 0.6) is 0 Å².